The van der Waals surface area contributed by atoms with Gasteiger partial charge in [-0.1, -0.05) is 6.07 Å². The highest BCUT2D eigenvalue weighted by Crippen LogP contribution is 2.20. The molecule has 0 spiro atoms. The second kappa shape index (κ2) is 5.13. The number of nitrogens with zero attached hydrogens (tertiary/aromatic N) is 2. The highest BCUT2D eigenvalue weighted by Gasteiger charge is 2.14. The lowest BCUT2D eigenvalue weighted by Gasteiger charge is -1.96. The molecule has 0 saturated heterocycles. The van der Waals surface area contributed by atoms with E-state index in [9.17, 15) is 4.79 Å². The van der Waals surface area contributed by atoms with Gasteiger partial charge in [-0.05, 0) is 36.2 Å². The number of hydrogen-bond acceptors (Lipinski definition) is 4. The van der Waals surface area contributed by atoms with Gasteiger partial charge in [-0.25, -0.2) is 9.78 Å². The van der Waals surface area contributed by atoms with Crippen LogP contribution in [0.25, 0.3) is 11.1 Å². The normalized spacial score (nSPS) is 10.8. The number of fused-ring (bicyclic) bond motifs is 1. The molecule has 1 aromatic carbocycles. The third-order valence-electron chi connectivity index (χ3n) is 3.07. The van der Waals surface area contributed by atoms with Crippen molar-refractivity contribution < 1.29 is 14.3 Å². The van der Waals surface area contributed by atoms with Gasteiger partial charge in [0.15, 0.2) is 11.5 Å². The first-order valence-electron chi connectivity index (χ1n) is 6.24. The third-order valence-corrected chi connectivity index (χ3v) is 3.07. The lowest BCUT2D eigenvalue weighted by molar-refractivity contribution is 0.0699. The summed E-state index contributed by atoms with van der Waals surface area (Å²) < 4.78 is 5.59. The molecule has 2 aromatic heterocycles. The van der Waals surface area contributed by atoms with Crippen molar-refractivity contribution in [2.45, 2.75) is 12.8 Å². The highest BCUT2D eigenvalue weighted by atomic mass is 16.4. The molecule has 20 heavy (non-hydrogen) atoms. The molecule has 1 N–H and O–H groups in total. The molecular formula is C15H12N2O3. The second-order valence-electron chi connectivity index (χ2n) is 4.42. The Morgan fingerprint density at radius 1 is 1.15 bits per heavy atom. The Labute approximate surface area is 114 Å². The Kier molecular flexibility index (Phi) is 3.16. The van der Waals surface area contributed by atoms with Gasteiger partial charge in [-0.15, -0.1) is 0 Å². The van der Waals surface area contributed by atoms with E-state index in [1.54, 1.807) is 24.5 Å². The van der Waals surface area contributed by atoms with Gasteiger partial charge in [-0.3, -0.25) is 4.98 Å². The Hall–Kier alpha value is -2.69. The number of rotatable bonds is 4. The van der Waals surface area contributed by atoms with Gasteiger partial charge in [0.1, 0.15) is 5.52 Å². The number of carbonyl (C=O) groups is 1. The van der Waals surface area contributed by atoms with E-state index in [4.69, 9.17) is 9.52 Å². The van der Waals surface area contributed by atoms with Crippen LogP contribution >= 0.6 is 0 Å². The van der Waals surface area contributed by atoms with Crippen LogP contribution in [0.2, 0.25) is 0 Å². The van der Waals surface area contributed by atoms with Gasteiger partial charge in [0.05, 0.1) is 5.56 Å². The molecule has 0 fully saturated rings. The van der Waals surface area contributed by atoms with Crippen molar-refractivity contribution in [3.8, 4) is 0 Å². The van der Waals surface area contributed by atoms with Crippen LogP contribution < -0.4 is 0 Å². The minimum absolute atomic E-state index is 0.168. The number of oxazole rings is 1. The van der Waals surface area contributed by atoms with Crippen molar-refractivity contribution in [1.29, 1.82) is 0 Å². The summed E-state index contributed by atoms with van der Waals surface area (Å²) in [4.78, 5) is 19.4. The van der Waals surface area contributed by atoms with Crippen LogP contribution in [0.1, 0.15) is 21.8 Å². The summed E-state index contributed by atoms with van der Waals surface area (Å²) in [7, 11) is 0. The zero-order valence-corrected chi connectivity index (χ0v) is 10.6. The minimum Gasteiger partial charge on any atom is -0.478 e. The zero-order chi connectivity index (χ0) is 13.9. The Morgan fingerprint density at radius 3 is 2.70 bits per heavy atom. The molecule has 0 unspecified atom stereocenters. The highest BCUT2D eigenvalue weighted by molar-refractivity contribution is 6.00. The van der Waals surface area contributed by atoms with E-state index in [1.165, 1.54) is 6.07 Å². The number of aryl methyl sites for hydroxylation is 2. The number of aromatic nitrogens is 2. The fourth-order valence-electron chi connectivity index (χ4n) is 2.07. The molecule has 100 valence electrons. The van der Waals surface area contributed by atoms with Gasteiger partial charge in [-0.2, -0.15) is 0 Å². The summed E-state index contributed by atoms with van der Waals surface area (Å²) in [5.74, 6) is -0.449. The fraction of sp³-hybridized carbons (Fsp3) is 0.133. The van der Waals surface area contributed by atoms with Crippen molar-refractivity contribution in [2.75, 3.05) is 0 Å². The Balaban J connectivity index is 1.86. The van der Waals surface area contributed by atoms with Gasteiger partial charge in [0.25, 0.3) is 0 Å². The molecule has 5 heteroatoms. The van der Waals surface area contributed by atoms with Crippen LogP contribution in [-0.2, 0) is 12.8 Å². The van der Waals surface area contributed by atoms with Crippen LogP contribution in [0.4, 0.5) is 0 Å². The average molecular weight is 268 g/mol. The summed E-state index contributed by atoms with van der Waals surface area (Å²) >= 11 is 0. The SMILES string of the molecule is O=C(O)c1cccc2oc(CCc3ccncc3)nc12. The lowest BCUT2D eigenvalue weighted by atomic mass is 10.1. The molecule has 0 aliphatic rings. The van der Waals surface area contributed by atoms with Crippen molar-refractivity contribution >= 4 is 17.1 Å². The smallest absolute Gasteiger partial charge is 0.338 e. The largest absolute Gasteiger partial charge is 0.478 e. The van der Waals surface area contributed by atoms with E-state index < -0.39 is 5.97 Å². The Morgan fingerprint density at radius 2 is 1.95 bits per heavy atom. The number of pyridine rings is 1. The Bertz CT molecular complexity index is 750. The van der Waals surface area contributed by atoms with E-state index in [1.807, 2.05) is 12.1 Å². The fourth-order valence-corrected chi connectivity index (χ4v) is 2.07. The van der Waals surface area contributed by atoms with E-state index in [2.05, 4.69) is 9.97 Å². The first kappa shape index (κ1) is 12.3. The van der Waals surface area contributed by atoms with Gasteiger partial charge in [0.2, 0.25) is 0 Å². The standard InChI is InChI=1S/C15H12N2O3/c18-15(19)11-2-1-3-12-14(11)17-13(20-12)5-4-10-6-8-16-9-7-10/h1-3,6-9H,4-5H2,(H,18,19). The van der Waals surface area contributed by atoms with E-state index >= 15 is 0 Å². The van der Waals surface area contributed by atoms with E-state index in [0.717, 1.165) is 12.0 Å². The van der Waals surface area contributed by atoms with Crippen LogP contribution in [0, 0.1) is 0 Å². The van der Waals surface area contributed by atoms with Crippen LogP contribution in [0.3, 0.4) is 0 Å². The molecular weight excluding hydrogens is 256 g/mol. The average Bonchev–Trinajstić information content (AvgIpc) is 2.88. The molecule has 0 bridgehead atoms. The van der Waals surface area contributed by atoms with Crippen molar-refractivity contribution in [2.24, 2.45) is 0 Å². The molecule has 0 aliphatic heterocycles. The number of carboxylic acids is 1. The molecule has 5 nitrogen and oxygen atoms in total. The molecule has 0 amide bonds. The monoisotopic (exact) mass is 268 g/mol. The molecule has 2 heterocycles. The number of aromatic carboxylic acids is 1. The maximum Gasteiger partial charge on any atom is 0.338 e. The zero-order valence-electron chi connectivity index (χ0n) is 10.6. The van der Waals surface area contributed by atoms with E-state index in [-0.39, 0.29) is 5.56 Å². The number of para-hydroxylation sites is 1. The molecule has 0 saturated carbocycles. The molecule has 3 rings (SSSR count). The van der Waals surface area contributed by atoms with E-state index in [0.29, 0.717) is 23.4 Å². The predicted octanol–water partition coefficient (Wildman–Crippen LogP) is 2.71. The van der Waals surface area contributed by atoms with Gasteiger partial charge >= 0.3 is 5.97 Å². The van der Waals surface area contributed by atoms with Crippen molar-refractivity contribution in [3.05, 3.63) is 59.7 Å². The quantitative estimate of drug-likeness (QED) is 0.787. The van der Waals surface area contributed by atoms with Gasteiger partial charge in [0, 0.05) is 18.8 Å². The summed E-state index contributed by atoms with van der Waals surface area (Å²) in [5, 5.41) is 9.11. The number of benzene rings is 1. The lowest BCUT2D eigenvalue weighted by Crippen LogP contribution is -1.97. The molecule has 0 atom stereocenters. The number of hydrogen-bond donors (Lipinski definition) is 1. The molecule has 0 aliphatic carbocycles. The van der Waals surface area contributed by atoms with Crippen LogP contribution in [0.15, 0.2) is 47.1 Å². The topological polar surface area (TPSA) is 76.2 Å². The molecule has 3 aromatic rings. The van der Waals surface area contributed by atoms with Crippen LogP contribution in [-0.4, -0.2) is 21.0 Å². The second-order valence-corrected chi connectivity index (χ2v) is 4.42. The first-order valence-corrected chi connectivity index (χ1v) is 6.24. The maximum absolute atomic E-state index is 11.1. The summed E-state index contributed by atoms with van der Waals surface area (Å²) in [5.41, 5.74) is 2.22. The number of carboxylic acid groups (broad SMARTS) is 1. The van der Waals surface area contributed by atoms with Crippen molar-refractivity contribution in [3.63, 3.8) is 0 Å². The minimum atomic E-state index is -0.996. The summed E-state index contributed by atoms with van der Waals surface area (Å²) in [6, 6.07) is 8.78. The van der Waals surface area contributed by atoms with Gasteiger partial charge < -0.3 is 9.52 Å². The van der Waals surface area contributed by atoms with Crippen molar-refractivity contribution in [1.82, 2.24) is 9.97 Å². The third kappa shape index (κ3) is 2.38. The summed E-state index contributed by atoms with van der Waals surface area (Å²) in [6.07, 6.45) is 4.88. The molecule has 0 radical (unpaired) electrons. The first-order chi connectivity index (χ1) is 9.74. The maximum atomic E-state index is 11.1. The van der Waals surface area contributed by atoms with Crippen LogP contribution in [0.5, 0.6) is 0 Å². The predicted molar refractivity (Wildman–Crippen MR) is 72.6 cm³/mol. The summed E-state index contributed by atoms with van der Waals surface area (Å²) in [6.45, 7) is 0.